The Kier molecular flexibility index (Phi) is 6.74. The van der Waals surface area contributed by atoms with Crippen molar-refractivity contribution in [3.05, 3.63) is 96.1 Å². The number of para-hydroxylation sites is 2. The minimum atomic E-state index is -4.50. The van der Waals surface area contributed by atoms with Gasteiger partial charge in [0.15, 0.2) is 0 Å². The van der Waals surface area contributed by atoms with Crippen molar-refractivity contribution in [2.45, 2.75) is 18.8 Å². The van der Waals surface area contributed by atoms with E-state index in [0.717, 1.165) is 29.2 Å². The summed E-state index contributed by atoms with van der Waals surface area (Å²) < 4.78 is 41.2. The Morgan fingerprint density at radius 3 is 2.24 bits per heavy atom. The lowest BCUT2D eigenvalue weighted by Crippen LogP contribution is -2.46. The molecule has 3 aromatic carbocycles. The van der Waals surface area contributed by atoms with Gasteiger partial charge >= 0.3 is 12.3 Å². The first-order valence-corrected chi connectivity index (χ1v) is 10.5. The molecule has 0 bridgehead atoms. The van der Waals surface area contributed by atoms with Crippen LogP contribution in [-0.2, 0) is 4.74 Å². The van der Waals surface area contributed by atoms with Crippen LogP contribution in [0.25, 0.3) is 0 Å². The maximum absolute atomic E-state index is 12.1. The van der Waals surface area contributed by atoms with E-state index in [2.05, 4.69) is 4.90 Å². The highest BCUT2D eigenvalue weighted by molar-refractivity contribution is 6.06. The molecule has 1 aliphatic rings. The lowest BCUT2D eigenvalue weighted by atomic mass is 9.91. The number of nitrogens with one attached hydrogen (secondary N) is 1. The van der Waals surface area contributed by atoms with Crippen LogP contribution >= 0.6 is 0 Å². The summed E-state index contributed by atoms with van der Waals surface area (Å²) in [7, 11) is 0. The maximum Gasteiger partial charge on any atom is 0.457 e. The Labute approximate surface area is 189 Å². The largest absolute Gasteiger partial charge is 0.461 e. The van der Waals surface area contributed by atoms with Crippen LogP contribution in [-0.4, -0.2) is 31.3 Å². The molecule has 0 amide bonds. The first-order chi connectivity index (χ1) is 15.9. The summed E-state index contributed by atoms with van der Waals surface area (Å²) >= 11 is 0. The number of rotatable bonds is 7. The van der Waals surface area contributed by atoms with Crippen LogP contribution in [0.15, 0.2) is 89.9 Å². The van der Waals surface area contributed by atoms with Crippen molar-refractivity contribution in [2.75, 3.05) is 18.1 Å². The number of hydrogen-bond acceptors (Lipinski definition) is 4. The van der Waals surface area contributed by atoms with Gasteiger partial charge in [0.1, 0.15) is 12.4 Å². The van der Waals surface area contributed by atoms with Gasteiger partial charge < -0.3 is 9.64 Å². The van der Waals surface area contributed by atoms with Gasteiger partial charge in [-0.25, -0.2) is 15.1 Å². The highest BCUT2D eigenvalue weighted by atomic mass is 19.4. The van der Waals surface area contributed by atoms with Crippen molar-refractivity contribution in [2.24, 2.45) is 4.99 Å². The van der Waals surface area contributed by atoms with Gasteiger partial charge in [0, 0.05) is 18.7 Å². The zero-order valence-electron chi connectivity index (χ0n) is 17.6. The Hall–Kier alpha value is -3.65. The van der Waals surface area contributed by atoms with Crippen LogP contribution in [0.5, 0.6) is 0 Å². The zero-order chi connectivity index (χ0) is 23.3. The first-order valence-electron chi connectivity index (χ1n) is 10.5. The number of aliphatic imine (C=N–C) groups is 1. The summed E-state index contributed by atoms with van der Waals surface area (Å²) in [4.78, 5) is 19.1. The lowest BCUT2D eigenvalue weighted by molar-refractivity contribution is -0.158. The summed E-state index contributed by atoms with van der Waals surface area (Å²) in [5.74, 6) is 0.281. The second kappa shape index (κ2) is 9.87. The molecule has 1 unspecified atom stereocenters. The van der Waals surface area contributed by atoms with E-state index in [-0.39, 0.29) is 18.2 Å². The predicted octanol–water partition coefficient (Wildman–Crippen LogP) is 5.63. The minimum absolute atomic E-state index is 0.0518. The molecule has 0 saturated carbocycles. The monoisotopic (exact) mass is 453 g/mol. The zero-order valence-corrected chi connectivity index (χ0v) is 17.6. The van der Waals surface area contributed by atoms with Crippen LogP contribution in [0, 0.1) is 0 Å². The van der Waals surface area contributed by atoms with Gasteiger partial charge in [0.05, 0.1) is 17.3 Å². The molecule has 1 atom stereocenters. The number of nitrogens with zero attached hydrogens (tertiary/aromatic N) is 2. The number of esters is 1. The Morgan fingerprint density at radius 1 is 0.970 bits per heavy atom. The molecular weight excluding hydrogens is 431 g/mol. The molecule has 1 N–H and O–H groups in total. The summed E-state index contributed by atoms with van der Waals surface area (Å²) in [5.41, 5.74) is 3.18. The van der Waals surface area contributed by atoms with Crippen LogP contribution in [0.4, 0.5) is 24.5 Å². The fraction of sp³-hybridized carbons (Fsp3) is 0.200. The Balaban J connectivity index is 1.45. The van der Waals surface area contributed by atoms with Crippen molar-refractivity contribution in [3.63, 3.8) is 0 Å². The molecule has 4 rings (SSSR count). The van der Waals surface area contributed by atoms with E-state index in [1.54, 1.807) is 12.1 Å². The molecular formula is C25H22F3N3O2. The highest BCUT2D eigenvalue weighted by Crippen LogP contribution is 2.40. The topological polar surface area (TPSA) is 53.9 Å². The number of anilines is 1. The van der Waals surface area contributed by atoms with Crippen LogP contribution in [0.2, 0.25) is 0 Å². The van der Waals surface area contributed by atoms with Crippen molar-refractivity contribution in [1.82, 2.24) is 5.32 Å². The second-order valence-electron chi connectivity index (χ2n) is 7.47. The normalized spacial score (nSPS) is 17.0. The smallest absolute Gasteiger partial charge is 0.457 e. The molecule has 1 aliphatic heterocycles. The summed E-state index contributed by atoms with van der Waals surface area (Å²) in [6.07, 6.45) is -3.76. The van der Waals surface area contributed by atoms with Gasteiger partial charge in [-0.3, -0.25) is 0 Å². The van der Waals surface area contributed by atoms with E-state index in [9.17, 15) is 18.0 Å². The van der Waals surface area contributed by atoms with Crippen LogP contribution in [0.1, 0.15) is 28.4 Å². The predicted molar refractivity (Wildman–Crippen MR) is 121 cm³/mol. The highest BCUT2D eigenvalue weighted by Gasteiger charge is 2.36. The lowest BCUT2D eigenvalue weighted by Gasteiger charge is -2.44. The van der Waals surface area contributed by atoms with E-state index in [4.69, 9.17) is 9.73 Å². The first kappa shape index (κ1) is 22.5. The SMILES string of the molecule is O=C(OCCNC(F)(F)F)c1ccc(C2CC(=Nc3ccccc3)N2c2ccccc2)cc1. The fourth-order valence-corrected chi connectivity index (χ4v) is 3.63. The number of amidine groups is 1. The molecule has 1 fully saturated rings. The summed E-state index contributed by atoms with van der Waals surface area (Å²) in [5, 5.41) is 1.32. The molecule has 33 heavy (non-hydrogen) atoms. The number of benzene rings is 3. The van der Waals surface area contributed by atoms with Crippen molar-refractivity contribution < 1.29 is 22.7 Å². The van der Waals surface area contributed by atoms with E-state index < -0.39 is 18.8 Å². The average molecular weight is 453 g/mol. The summed E-state index contributed by atoms with van der Waals surface area (Å²) in [6.45, 7) is -0.866. The van der Waals surface area contributed by atoms with Crippen LogP contribution < -0.4 is 10.2 Å². The molecule has 3 aromatic rings. The van der Waals surface area contributed by atoms with Gasteiger partial charge in [-0.1, -0.05) is 48.5 Å². The Morgan fingerprint density at radius 2 is 1.61 bits per heavy atom. The third-order valence-electron chi connectivity index (χ3n) is 5.21. The van der Waals surface area contributed by atoms with Gasteiger partial charge in [0.25, 0.3) is 0 Å². The number of carbonyl (C=O) groups is 1. The second-order valence-corrected chi connectivity index (χ2v) is 7.47. The number of ether oxygens (including phenoxy) is 1. The number of alkyl halides is 3. The molecule has 1 heterocycles. The van der Waals surface area contributed by atoms with Crippen molar-refractivity contribution in [3.8, 4) is 0 Å². The molecule has 0 spiro atoms. The van der Waals surface area contributed by atoms with E-state index in [0.29, 0.717) is 0 Å². The molecule has 8 heteroatoms. The minimum Gasteiger partial charge on any atom is -0.461 e. The molecule has 0 radical (unpaired) electrons. The molecule has 1 saturated heterocycles. The molecule has 0 aliphatic carbocycles. The third kappa shape index (κ3) is 5.78. The molecule has 0 aromatic heterocycles. The fourth-order valence-electron chi connectivity index (χ4n) is 3.63. The number of carbonyl (C=O) groups excluding carboxylic acids is 1. The van der Waals surface area contributed by atoms with E-state index in [1.807, 2.05) is 72.8 Å². The quantitative estimate of drug-likeness (QED) is 0.286. The van der Waals surface area contributed by atoms with Crippen molar-refractivity contribution >= 4 is 23.2 Å². The number of hydrogen-bond donors (Lipinski definition) is 1. The molecule has 170 valence electrons. The third-order valence-corrected chi connectivity index (χ3v) is 5.21. The standard InChI is InChI=1S/C25H22F3N3O2/c26-25(27,28)29-15-16-33-24(32)19-13-11-18(12-14-19)22-17-23(30-20-7-3-1-4-8-20)31(22)21-9-5-2-6-10-21/h1-14,22,29H,15-17H2. The maximum atomic E-state index is 12.1. The summed E-state index contributed by atoms with van der Waals surface area (Å²) in [6, 6.07) is 26.7. The van der Waals surface area contributed by atoms with E-state index >= 15 is 0 Å². The van der Waals surface area contributed by atoms with Gasteiger partial charge in [-0.15, -0.1) is 0 Å². The molecule has 5 nitrogen and oxygen atoms in total. The van der Waals surface area contributed by atoms with Gasteiger partial charge in [-0.05, 0) is 42.0 Å². The average Bonchev–Trinajstić information content (AvgIpc) is 2.80. The van der Waals surface area contributed by atoms with Crippen LogP contribution in [0.3, 0.4) is 0 Å². The van der Waals surface area contributed by atoms with Gasteiger partial charge in [0.2, 0.25) is 0 Å². The Bertz CT molecular complexity index is 1100. The number of halogens is 3. The van der Waals surface area contributed by atoms with E-state index in [1.165, 1.54) is 5.32 Å². The van der Waals surface area contributed by atoms with Gasteiger partial charge in [-0.2, -0.15) is 13.2 Å². The van der Waals surface area contributed by atoms with Crippen molar-refractivity contribution in [1.29, 1.82) is 0 Å².